The fraction of sp³-hybridized carbons (Fsp3) is 0.435. The molecule has 0 heterocycles. The topological polar surface area (TPSA) is 35.5 Å². The third-order valence-corrected chi connectivity index (χ3v) is 5.41. The van der Waals surface area contributed by atoms with Crippen LogP contribution in [0.25, 0.3) is 11.1 Å². The van der Waals surface area contributed by atoms with Crippen LogP contribution in [-0.2, 0) is 9.78 Å². The second-order valence-corrected chi connectivity index (χ2v) is 7.78. The van der Waals surface area contributed by atoms with Gasteiger partial charge >= 0.3 is 5.97 Å². The van der Waals surface area contributed by atoms with E-state index < -0.39 is 5.97 Å². The number of rotatable bonds is 5. The van der Waals surface area contributed by atoms with E-state index in [1.165, 1.54) is 6.42 Å². The lowest BCUT2D eigenvalue weighted by Gasteiger charge is -2.35. The molecule has 2 aromatic carbocycles. The first-order valence-electron chi connectivity index (χ1n) is 9.57. The Kier molecular flexibility index (Phi) is 6.10. The molecule has 3 atom stereocenters. The number of hydrogen-bond acceptors (Lipinski definition) is 3. The zero-order valence-electron chi connectivity index (χ0n) is 15.9. The van der Waals surface area contributed by atoms with E-state index in [0.717, 1.165) is 24.0 Å². The summed E-state index contributed by atoms with van der Waals surface area (Å²) in [6.45, 7) is 6.66. The molecule has 1 aliphatic rings. The molecule has 3 unspecified atom stereocenters. The maximum absolute atomic E-state index is 12.5. The number of carbonyl (C=O) groups is 1. The molecule has 0 N–H and O–H groups in total. The van der Waals surface area contributed by atoms with Gasteiger partial charge in [-0.15, -0.1) is 0 Å². The third kappa shape index (κ3) is 4.53. The van der Waals surface area contributed by atoms with Crippen molar-refractivity contribution in [1.29, 1.82) is 0 Å². The van der Waals surface area contributed by atoms with Gasteiger partial charge in [-0.25, -0.2) is 4.79 Å². The normalized spacial score (nSPS) is 23.0. The van der Waals surface area contributed by atoms with Gasteiger partial charge in [0.25, 0.3) is 0 Å². The van der Waals surface area contributed by atoms with Gasteiger partial charge in [0, 0.05) is 0 Å². The second-order valence-electron chi connectivity index (χ2n) is 7.78. The molecule has 0 aliphatic heterocycles. The van der Waals surface area contributed by atoms with Crippen molar-refractivity contribution in [2.75, 3.05) is 0 Å². The van der Waals surface area contributed by atoms with Gasteiger partial charge in [0.1, 0.15) is 6.10 Å². The summed E-state index contributed by atoms with van der Waals surface area (Å²) in [5.41, 5.74) is 2.58. The summed E-state index contributed by atoms with van der Waals surface area (Å²) in [5.74, 6) is 1.14. The fourth-order valence-corrected chi connectivity index (χ4v) is 3.84. The Labute approximate surface area is 156 Å². The predicted octanol–water partition coefficient (Wildman–Crippen LogP) is 5.90. The molecule has 0 amide bonds. The van der Waals surface area contributed by atoms with E-state index in [0.29, 0.717) is 23.3 Å². The molecule has 26 heavy (non-hydrogen) atoms. The van der Waals surface area contributed by atoms with Crippen molar-refractivity contribution in [2.24, 2.45) is 17.8 Å². The average Bonchev–Trinajstić information content (AvgIpc) is 2.66. The zero-order valence-corrected chi connectivity index (χ0v) is 15.9. The van der Waals surface area contributed by atoms with Crippen LogP contribution < -0.4 is 0 Å². The van der Waals surface area contributed by atoms with E-state index >= 15 is 0 Å². The summed E-state index contributed by atoms with van der Waals surface area (Å²) >= 11 is 0. The summed E-state index contributed by atoms with van der Waals surface area (Å²) in [7, 11) is 0. The van der Waals surface area contributed by atoms with Gasteiger partial charge in [0.2, 0.25) is 0 Å². The van der Waals surface area contributed by atoms with Crippen molar-refractivity contribution in [2.45, 2.75) is 46.1 Å². The molecule has 138 valence electrons. The lowest BCUT2D eigenvalue weighted by molar-refractivity contribution is -0.296. The van der Waals surface area contributed by atoms with Crippen molar-refractivity contribution >= 4 is 5.97 Å². The van der Waals surface area contributed by atoms with Crippen LogP contribution in [0.1, 0.15) is 50.4 Å². The van der Waals surface area contributed by atoms with E-state index in [1.54, 1.807) is 6.07 Å². The first-order valence-corrected chi connectivity index (χ1v) is 9.57. The van der Waals surface area contributed by atoms with Crippen molar-refractivity contribution in [3.05, 3.63) is 60.2 Å². The minimum Gasteiger partial charge on any atom is -0.293 e. The van der Waals surface area contributed by atoms with Crippen molar-refractivity contribution in [3.8, 4) is 11.1 Å². The maximum Gasteiger partial charge on any atom is 0.373 e. The molecule has 0 radical (unpaired) electrons. The fourth-order valence-electron chi connectivity index (χ4n) is 3.84. The standard InChI is InChI=1S/C23H28O3/c1-16(2)21-13-12-17(3)14-22(21)25-26-23(24)20-11-7-10-19(15-20)18-8-5-4-6-9-18/h4-11,15-17,21-22H,12-14H2,1-3H3. The minimum absolute atomic E-state index is 0.0139. The Hall–Kier alpha value is -2.13. The lowest BCUT2D eigenvalue weighted by Crippen LogP contribution is -2.34. The van der Waals surface area contributed by atoms with E-state index in [4.69, 9.17) is 9.78 Å². The van der Waals surface area contributed by atoms with Crippen LogP contribution in [0.2, 0.25) is 0 Å². The molecule has 1 saturated carbocycles. The largest absolute Gasteiger partial charge is 0.373 e. The highest BCUT2D eigenvalue weighted by Crippen LogP contribution is 2.35. The summed E-state index contributed by atoms with van der Waals surface area (Å²) in [5, 5.41) is 0. The lowest BCUT2D eigenvalue weighted by atomic mass is 9.75. The van der Waals surface area contributed by atoms with Gasteiger partial charge < -0.3 is 0 Å². The molecular weight excluding hydrogens is 324 g/mol. The average molecular weight is 352 g/mol. The van der Waals surface area contributed by atoms with Crippen molar-refractivity contribution in [3.63, 3.8) is 0 Å². The summed E-state index contributed by atoms with van der Waals surface area (Å²) in [4.78, 5) is 23.4. The van der Waals surface area contributed by atoms with Gasteiger partial charge in [-0.05, 0) is 53.9 Å². The molecule has 3 nitrogen and oxygen atoms in total. The van der Waals surface area contributed by atoms with E-state index in [9.17, 15) is 4.79 Å². The Balaban J connectivity index is 1.66. The molecule has 1 fully saturated rings. The molecule has 1 aliphatic carbocycles. The third-order valence-electron chi connectivity index (χ3n) is 5.41. The van der Waals surface area contributed by atoms with Crippen LogP contribution in [0, 0.1) is 17.8 Å². The zero-order chi connectivity index (χ0) is 18.5. The van der Waals surface area contributed by atoms with Crippen LogP contribution >= 0.6 is 0 Å². The maximum atomic E-state index is 12.5. The number of benzene rings is 2. The van der Waals surface area contributed by atoms with Crippen molar-refractivity contribution < 1.29 is 14.6 Å². The van der Waals surface area contributed by atoms with Crippen molar-refractivity contribution in [1.82, 2.24) is 0 Å². The van der Waals surface area contributed by atoms with Crippen LogP contribution in [0.5, 0.6) is 0 Å². The van der Waals surface area contributed by atoms with E-state index in [1.807, 2.05) is 48.5 Å². The molecule has 2 aromatic rings. The highest BCUT2D eigenvalue weighted by atomic mass is 17.2. The van der Waals surface area contributed by atoms with Gasteiger partial charge in [0.05, 0.1) is 5.56 Å². The highest BCUT2D eigenvalue weighted by molar-refractivity contribution is 5.90. The molecule has 0 spiro atoms. The predicted molar refractivity (Wildman–Crippen MR) is 104 cm³/mol. The van der Waals surface area contributed by atoms with Crippen LogP contribution in [0.15, 0.2) is 54.6 Å². The van der Waals surface area contributed by atoms with Crippen LogP contribution in [0.3, 0.4) is 0 Å². The van der Waals surface area contributed by atoms with Gasteiger partial charge in [0.15, 0.2) is 0 Å². The molecule has 0 saturated heterocycles. The van der Waals surface area contributed by atoms with Gasteiger partial charge in [-0.1, -0.05) is 69.7 Å². The number of hydrogen-bond donors (Lipinski definition) is 0. The van der Waals surface area contributed by atoms with E-state index in [-0.39, 0.29) is 6.10 Å². The molecule has 3 heteroatoms. The highest BCUT2D eigenvalue weighted by Gasteiger charge is 2.33. The number of carbonyl (C=O) groups excluding carboxylic acids is 1. The van der Waals surface area contributed by atoms with Crippen LogP contribution in [-0.4, -0.2) is 12.1 Å². The summed E-state index contributed by atoms with van der Waals surface area (Å²) in [6, 6.07) is 17.5. The smallest absolute Gasteiger partial charge is 0.293 e. The summed E-state index contributed by atoms with van der Waals surface area (Å²) in [6.07, 6.45) is 3.28. The first kappa shape index (κ1) is 18.7. The molecular formula is C23H28O3. The summed E-state index contributed by atoms with van der Waals surface area (Å²) < 4.78 is 0. The Morgan fingerprint density at radius 3 is 2.46 bits per heavy atom. The molecule has 3 rings (SSSR count). The Morgan fingerprint density at radius 2 is 1.73 bits per heavy atom. The van der Waals surface area contributed by atoms with Gasteiger partial charge in [-0.3, -0.25) is 4.89 Å². The molecule has 0 bridgehead atoms. The Morgan fingerprint density at radius 1 is 1.00 bits per heavy atom. The first-order chi connectivity index (χ1) is 12.5. The van der Waals surface area contributed by atoms with Crippen LogP contribution in [0.4, 0.5) is 0 Å². The van der Waals surface area contributed by atoms with E-state index in [2.05, 4.69) is 20.8 Å². The molecule has 0 aromatic heterocycles. The second kappa shape index (κ2) is 8.50. The quantitative estimate of drug-likeness (QED) is 0.496. The van der Waals surface area contributed by atoms with Gasteiger partial charge in [-0.2, -0.15) is 4.89 Å². The SMILES string of the molecule is CC1CCC(C(C)C)C(OOC(=O)c2cccc(-c3ccccc3)c2)C1. The minimum atomic E-state index is -0.427. The monoisotopic (exact) mass is 352 g/mol. The Bertz CT molecular complexity index is 723.